The van der Waals surface area contributed by atoms with Crippen LogP contribution in [0.25, 0.3) is 0 Å². The molecule has 0 saturated carbocycles. The van der Waals surface area contributed by atoms with Gasteiger partial charge in [0.15, 0.2) is 0 Å². The lowest BCUT2D eigenvalue weighted by Gasteiger charge is -2.38. The van der Waals surface area contributed by atoms with Crippen LogP contribution in [0.15, 0.2) is 35.3 Å². The van der Waals surface area contributed by atoms with E-state index >= 15 is 0 Å². The van der Waals surface area contributed by atoms with E-state index in [1.165, 1.54) is 11.3 Å². The minimum Gasteiger partial charge on any atom is -0.372 e. The molecule has 2 aromatic rings. The molecule has 132 valence electrons. The van der Waals surface area contributed by atoms with Gasteiger partial charge in [-0.25, -0.2) is 4.98 Å². The summed E-state index contributed by atoms with van der Waals surface area (Å²) in [5.41, 5.74) is 3.03. The lowest BCUT2D eigenvalue weighted by Crippen LogP contribution is -2.46. The average molecular weight is 359 g/mol. The molecule has 0 radical (unpaired) electrons. The predicted molar refractivity (Wildman–Crippen MR) is 93.4 cm³/mol. The number of aromatic nitrogens is 2. The highest BCUT2D eigenvalue weighted by Gasteiger charge is 2.44. The van der Waals surface area contributed by atoms with Gasteiger partial charge in [-0.2, -0.15) is 0 Å². The Labute approximate surface area is 150 Å². The molecule has 0 aromatic carbocycles. The van der Waals surface area contributed by atoms with Crippen molar-refractivity contribution >= 4 is 17.2 Å². The Hall–Kier alpha value is -1.83. The number of piperidine rings is 1. The van der Waals surface area contributed by atoms with Crippen LogP contribution in [-0.4, -0.2) is 52.2 Å². The highest BCUT2D eigenvalue weighted by atomic mass is 32.1. The molecule has 0 unspecified atom stereocenters. The second kappa shape index (κ2) is 7.19. The van der Waals surface area contributed by atoms with Crippen molar-refractivity contribution in [1.82, 2.24) is 14.9 Å². The molecule has 0 N–H and O–H groups in total. The number of pyridine rings is 1. The van der Waals surface area contributed by atoms with Crippen LogP contribution >= 0.6 is 11.3 Å². The van der Waals surface area contributed by atoms with Gasteiger partial charge in [0.2, 0.25) is 0 Å². The van der Waals surface area contributed by atoms with Crippen molar-refractivity contribution in [1.29, 1.82) is 0 Å². The number of amides is 1. The van der Waals surface area contributed by atoms with Crippen LogP contribution < -0.4 is 0 Å². The fourth-order valence-electron chi connectivity index (χ4n) is 3.54. The number of rotatable bonds is 4. The van der Waals surface area contributed by atoms with Crippen molar-refractivity contribution in [2.24, 2.45) is 0 Å². The largest absolute Gasteiger partial charge is 0.372 e. The zero-order chi connectivity index (χ0) is 17.1. The lowest BCUT2D eigenvalue weighted by atomic mass is 9.88. The van der Waals surface area contributed by atoms with E-state index in [1.54, 1.807) is 17.1 Å². The molecule has 7 heteroatoms. The van der Waals surface area contributed by atoms with E-state index in [2.05, 4.69) is 9.97 Å². The van der Waals surface area contributed by atoms with E-state index in [1.807, 2.05) is 23.1 Å². The SMILES string of the molecule is O=C(c1cscn1)N1CCC2(CC1)C[C@@H](OCc1ccccn1)CO2. The maximum Gasteiger partial charge on any atom is 0.273 e. The second-order valence-corrected chi connectivity index (χ2v) is 7.34. The van der Waals surface area contributed by atoms with Gasteiger partial charge < -0.3 is 14.4 Å². The Morgan fingerprint density at radius 1 is 1.36 bits per heavy atom. The summed E-state index contributed by atoms with van der Waals surface area (Å²) in [4.78, 5) is 22.7. The smallest absolute Gasteiger partial charge is 0.273 e. The van der Waals surface area contributed by atoms with Crippen LogP contribution in [0.1, 0.15) is 35.4 Å². The lowest BCUT2D eigenvalue weighted by molar-refractivity contribution is -0.0413. The minimum absolute atomic E-state index is 0.0250. The number of hydrogen-bond donors (Lipinski definition) is 0. The van der Waals surface area contributed by atoms with Crippen LogP contribution in [0.3, 0.4) is 0 Å². The van der Waals surface area contributed by atoms with Crippen molar-refractivity contribution in [3.05, 3.63) is 46.7 Å². The van der Waals surface area contributed by atoms with Crippen molar-refractivity contribution < 1.29 is 14.3 Å². The van der Waals surface area contributed by atoms with E-state index < -0.39 is 0 Å². The molecular formula is C18H21N3O3S. The summed E-state index contributed by atoms with van der Waals surface area (Å²) in [5.74, 6) is 0.0250. The first-order valence-corrected chi connectivity index (χ1v) is 9.51. The van der Waals surface area contributed by atoms with Gasteiger partial charge in [0.25, 0.3) is 5.91 Å². The highest BCUT2D eigenvalue weighted by Crippen LogP contribution is 2.37. The molecular weight excluding hydrogens is 338 g/mol. The van der Waals surface area contributed by atoms with Gasteiger partial charge >= 0.3 is 0 Å². The molecule has 2 fully saturated rings. The van der Waals surface area contributed by atoms with E-state index in [0.29, 0.717) is 32.0 Å². The first-order valence-electron chi connectivity index (χ1n) is 8.57. The molecule has 2 aliphatic rings. The van der Waals surface area contributed by atoms with Crippen LogP contribution in [0.5, 0.6) is 0 Å². The first-order chi connectivity index (χ1) is 12.2. The zero-order valence-corrected chi connectivity index (χ0v) is 14.8. The molecule has 6 nitrogen and oxygen atoms in total. The standard InChI is InChI=1S/C18H21N3O3S/c22-17(16-12-25-13-20-16)21-7-4-18(5-8-21)9-15(11-24-18)23-10-14-3-1-2-6-19-14/h1-3,6,12-13,15H,4-5,7-11H2/t15-/m1/s1. The molecule has 1 spiro atoms. The molecule has 4 heterocycles. The van der Waals surface area contributed by atoms with Gasteiger partial charge in [0, 0.05) is 31.1 Å². The number of carbonyl (C=O) groups excluding carboxylic acids is 1. The number of likely N-dealkylation sites (tertiary alicyclic amines) is 1. The van der Waals surface area contributed by atoms with Crippen LogP contribution in [-0.2, 0) is 16.1 Å². The Morgan fingerprint density at radius 2 is 2.24 bits per heavy atom. The van der Waals surface area contributed by atoms with Crippen LogP contribution in [0.4, 0.5) is 0 Å². The molecule has 2 aliphatic heterocycles. The zero-order valence-electron chi connectivity index (χ0n) is 14.0. The summed E-state index contributed by atoms with van der Waals surface area (Å²) in [6, 6.07) is 5.83. The fourth-order valence-corrected chi connectivity index (χ4v) is 4.07. The maximum absolute atomic E-state index is 12.4. The molecule has 2 aromatic heterocycles. The molecule has 1 amide bonds. The normalized spacial score (nSPS) is 22.4. The van der Waals surface area contributed by atoms with Gasteiger partial charge in [-0.05, 0) is 25.0 Å². The Bertz CT molecular complexity index is 700. The molecule has 4 rings (SSSR count). The number of hydrogen-bond acceptors (Lipinski definition) is 6. The van der Waals surface area contributed by atoms with Gasteiger partial charge in [-0.1, -0.05) is 6.07 Å². The Kier molecular flexibility index (Phi) is 4.78. The van der Waals surface area contributed by atoms with Crippen molar-refractivity contribution in [2.45, 2.75) is 37.6 Å². The van der Waals surface area contributed by atoms with Gasteiger partial charge in [0.1, 0.15) is 5.69 Å². The van der Waals surface area contributed by atoms with Gasteiger partial charge in [-0.15, -0.1) is 11.3 Å². The van der Waals surface area contributed by atoms with E-state index in [4.69, 9.17) is 9.47 Å². The van der Waals surface area contributed by atoms with E-state index in [9.17, 15) is 4.79 Å². The molecule has 1 atom stereocenters. The predicted octanol–water partition coefficient (Wildman–Crippen LogP) is 2.52. The average Bonchev–Trinajstić information content (AvgIpc) is 3.32. The number of ether oxygens (including phenoxy) is 2. The fraction of sp³-hybridized carbons (Fsp3) is 0.500. The molecule has 25 heavy (non-hydrogen) atoms. The maximum atomic E-state index is 12.4. The van der Waals surface area contributed by atoms with Gasteiger partial charge in [0.05, 0.1) is 36.1 Å². The van der Waals surface area contributed by atoms with E-state index in [-0.39, 0.29) is 17.6 Å². The van der Waals surface area contributed by atoms with Crippen molar-refractivity contribution in [3.8, 4) is 0 Å². The molecule has 2 saturated heterocycles. The number of carbonyl (C=O) groups is 1. The number of nitrogens with zero attached hydrogens (tertiary/aromatic N) is 3. The summed E-state index contributed by atoms with van der Waals surface area (Å²) < 4.78 is 12.1. The Morgan fingerprint density at radius 3 is 2.96 bits per heavy atom. The third-order valence-corrected chi connectivity index (χ3v) is 5.57. The van der Waals surface area contributed by atoms with Crippen molar-refractivity contribution in [2.75, 3.05) is 19.7 Å². The Balaban J connectivity index is 1.28. The molecule has 0 bridgehead atoms. The third kappa shape index (κ3) is 3.73. The summed E-state index contributed by atoms with van der Waals surface area (Å²) >= 11 is 1.45. The quantitative estimate of drug-likeness (QED) is 0.839. The second-order valence-electron chi connectivity index (χ2n) is 6.62. The molecule has 0 aliphatic carbocycles. The topological polar surface area (TPSA) is 64.6 Å². The highest BCUT2D eigenvalue weighted by molar-refractivity contribution is 7.07. The van der Waals surface area contributed by atoms with E-state index in [0.717, 1.165) is 25.0 Å². The van der Waals surface area contributed by atoms with Gasteiger partial charge in [-0.3, -0.25) is 9.78 Å². The third-order valence-electron chi connectivity index (χ3n) is 4.98. The van der Waals surface area contributed by atoms with Crippen LogP contribution in [0, 0.1) is 0 Å². The monoisotopic (exact) mass is 359 g/mol. The summed E-state index contributed by atoms with van der Waals surface area (Å²) in [6.45, 7) is 2.55. The first kappa shape index (κ1) is 16.6. The van der Waals surface area contributed by atoms with Crippen molar-refractivity contribution in [3.63, 3.8) is 0 Å². The summed E-state index contributed by atoms with van der Waals surface area (Å²) in [6.07, 6.45) is 4.47. The summed E-state index contributed by atoms with van der Waals surface area (Å²) in [7, 11) is 0. The summed E-state index contributed by atoms with van der Waals surface area (Å²) in [5, 5.41) is 1.81. The van der Waals surface area contributed by atoms with Crippen LogP contribution in [0.2, 0.25) is 0 Å². The number of thiazole rings is 1. The minimum atomic E-state index is -0.145.